The highest BCUT2D eigenvalue weighted by Gasteiger charge is 2.15. The van der Waals surface area contributed by atoms with E-state index in [9.17, 15) is 0 Å². The third-order valence-corrected chi connectivity index (χ3v) is 3.85. The summed E-state index contributed by atoms with van der Waals surface area (Å²) in [5.41, 5.74) is 0. The van der Waals surface area contributed by atoms with Gasteiger partial charge in [-0.15, -0.1) is 11.3 Å². The first-order valence-corrected chi connectivity index (χ1v) is 6.72. The van der Waals surface area contributed by atoms with E-state index >= 15 is 0 Å². The SMILES string of the molecule is CC(C)Cc1ccc(C(CCO)N(C)C)s1. The van der Waals surface area contributed by atoms with E-state index in [0.717, 1.165) is 12.8 Å². The molecule has 0 saturated heterocycles. The van der Waals surface area contributed by atoms with Crippen molar-refractivity contribution in [3.8, 4) is 0 Å². The number of thiophene rings is 1. The first-order valence-electron chi connectivity index (χ1n) is 5.90. The van der Waals surface area contributed by atoms with Crippen molar-refractivity contribution >= 4 is 11.3 Å². The molecule has 0 bridgehead atoms. The van der Waals surface area contributed by atoms with Gasteiger partial charge in [0, 0.05) is 22.4 Å². The van der Waals surface area contributed by atoms with Crippen molar-refractivity contribution in [3.63, 3.8) is 0 Å². The molecule has 0 spiro atoms. The van der Waals surface area contributed by atoms with E-state index in [0.29, 0.717) is 12.0 Å². The highest BCUT2D eigenvalue weighted by atomic mass is 32.1. The Bertz CT molecular complexity index is 307. The number of aliphatic hydroxyl groups is 1. The van der Waals surface area contributed by atoms with Crippen molar-refractivity contribution < 1.29 is 5.11 Å². The molecule has 0 amide bonds. The monoisotopic (exact) mass is 241 g/mol. The fraction of sp³-hybridized carbons (Fsp3) is 0.692. The summed E-state index contributed by atoms with van der Waals surface area (Å²) in [7, 11) is 4.14. The van der Waals surface area contributed by atoms with Crippen LogP contribution in [0.2, 0.25) is 0 Å². The van der Waals surface area contributed by atoms with E-state index in [1.807, 2.05) is 11.3 Å². The summed E-state index contributed by atoms with van der Waals surface area (Å²) in [4.78, 5) is 5.01. The second-order valence-corrected chi connectivity index (χ2v) is 6.09. The average molecular weight is 241 g/mol. The third-order valence-electron chi connectivity index (χ3n) is 2.65. The average Bonchev–Trinajstić information content (AvgIpc) is 2.60. The van der Waals surface area contributed by atoms with E-state index < -0.39 is 0 Å². The maximum absolute atomic E-state index is 9.08. The Kier molecular flexibility index (Phi) is 5.46. The Morgan fingerprint density at radius 3 is 2.50 bits per heavy atom. The molecule has 0 aliphatic rings. The van der Waals surface area contributed by atoms with Crippen molar-refractivity contribution in [2.75, 3.05) is 20.7 Å². The molecule has 1 unspecified atom stereocenters. The highest BCUT2D eigenvalue weighted by Crippen LogP contribution is 2.29. The normalized spacial score (nSPS) is 13.7. The number of hydrogen-bond donors (Lipinski definition) is 1. The summed E-state index contributed by atoms with van der Waals surface area (Å²) in [6.45, 7) is 4.74. The van der Waals surface area contributed by atoms with Gasteiger partial charge in [-0.3, -0.25) is 0 Å². The Hall–Kier alpha value is -0.380. The summed E-state index contributed by atoms with van der Waals surface area (Å²) in [5, 5.41) is 9.08. The van der Waals surface area contributed by atoms with Crippen LogP contribution in [-0.4, -0.2) is 30.7 Å². The zero-order valence-electron chi connectivity index (χ0n) is 10.7. The zero-order valence-corrected chi connectivity index (χ0v) is 11.5. The Balaban J connectivity index is 2.73. The van der Waals surface area contributed by atoms with Crippen LogP contribution in [-0.2, 0) is 6.42 Å². The standard InChI is InChI=1S/C13H23NOS/c1-10(2)9-11-5-6-13(16-11)12(7-8-15)14(3)4/h5-6,10,12,15H,7-9H2,1-4H3. The van der Waals surface area contributed by atoms with Crippen molar-refractivity contribution in [2.45, 2.75) is 32.7 Å². The predicted molar refractivity (Wildman–Crippen MR) is 71.0 cm³/mol. The number of nitrogens with zero attached hydrogens (tertiary/aromatic N) is 1. The van der Waals surface area contributed by atoms with Crippen LogP contribution < -0.4 is 0 Å². The van der Waals surface area contributed by atoms with Gasteiger partial charge in [0.15, 0.2) is 0 Å². The molecule has 0 aliphatic heterocycles. The van der Waals surface area contributed by atoms with Gasteiger partial charge in [0.05, 0.1) is 0 Å². The zero-order chi connectivity index (χ0) is 12.1. The molecule has 0 aliphatic carbocycles. The predicted octanol–water partition coefficient (Wildman–Crippen LogP) is 2.93. The molecule has 0 aromatic carbocycles. The smallest absolute Gasteiger partial charge is 0.0457 e. The lowest BCUT2D eigenvalue weighted by atomic mass is 10.1. The van der Waals surface area contributed by atoms with E-state index in [1.165, 1.54) is 9.75 Å². The lowest BCUT2D eigenvalue weighted by Gasteiger charge is -2.22. The molecular formula is C13H23NOS. The van der Waals surface area contributed by atoms with Gasteiger partial charge in [-0.05, 0) is 45.0 Å². The van der Waals surface area contributed by atoms with Crippen LogP contribution in [0.15, 0.2) is 12.1 Å². The van der Waals surface area contributed by atoms with E-state index in [2.05, 4.69) is 45.0 Å². The van der Waals surface area contributed by atoms with Crippen molar-refractivity contribution in [1.29, 1.82) is 0 Å². The maximum Gasteiger partial charge on any atom is 0.0457 e. The quantitative estimate of drug-likeness (QED) is 0.828. The van der Waals surface area contributed by atoms with Crippen LogP contribution in [0.4, 0.5) is 0 Å². The summed E-state index contributed by atoms with van der Waals surface area (Å²) in [6, 6.07) is 4.80. The molecule has 92 valence electrons. The molecule has 1 aromatic rings. The lowest BCUT2D eigenvalue weighted by molar-refractivity contribution is 0.213. The van der Waals surface area contributed by atoms with E-state index in [4.69, 9.17) is 5.11 Å². The molecule has 1 aromatic heterocycles. The van der Waals surface area contributed by atoms with Gasteiger partial charge in [0.1, 0.15) is 0 Å². The first-order chi connectivity index (χ1) is 7.54. The van der Waals surface area contributed by atoms with Crippen LogP contribution in [0.5, 0.6) is 0 Å². The van der Waals surface area contributed by atoms with Crippen molar-refractivity contribution in [2.24, 2.45) is 5.92 Å². The third kappa shape index (κ3) is 3.89. The van der Waals surface area contributed by atoms with Crippen LogP contribution in [0.3, 0.4) is 0 Å². The van der Waals surface area contributed by atoms with Crippen molar-refractivity contribution in [1.82, 2.24) is 4.90 Å². The summed E-state index contributed by atoms with van der Waals surface area (Å²) >= 11 is 1.88. The van der Waals surface area contributed by atoms with Crippen LogP contribution in [0.1, 0.15) is 36.1 Å². The van der Waals surface area contributed by atoms with Crippen molar-refractivity contribution in [3.05, 3.63) is 21.9 Å². The number of aliphatic hydroxyl groups excluding tert-OH is 1. The minimum Gasteiger partial charge on any atom is -0.396 e. The second-order valence-electron chi connectivity index (χ2n) is 4.89. The summed E-state index contributed by atoms with van der Waals surface area (Å²) in [6.07, 6.45) is 1.97. The van der Waals surface area contributed by atoms with Crippen LogP contribution in [0, 0.1) is 5.92 Å². The Labute approximate surface area is 103 Å². The molecule has 0 radical (unpaired) electrons. The highest BCUT2D eigenvalue weighted by molar-refractivity contribution is 7.12. The lowest BCUT2D eigenvalue weighted by Crippen LogP contribution is -2.20. The minimum atomic E-state index is 0.250. The van der Waals surface area contributed by atoms with Crippen LogP contribution >= 0.6 is 11.3 Å². The maximum atomic E-state index is 9.08. The molecular weight excluding hydrogens is 218 g/mol. The molecule has 2 nitrogen and oxygen atoms in total. The molecule has 1 N–H and O–H groups in total. The van der Waals surface area contributed by atoms with Gasteiger partial charge in [-0.2, -0.15) is 0 Å². The largest absolute Gasteiger partial charge is 0.396 e. The molecule has 3 heteroatoms. The fourth-order valence-electron chi connectivity index (χ4n) is 1.86. The van der Waals surface area contributed by atoms with Gasteiger partial charge >= 0.3 is 0 Å². The van der Waals surface area contributed by atoms with E-state index in [1.54, 1.807) is 0 Å². The molecule has 16 heavy (non-hydrogen) atoms. The van der Waals surface area contributed by atoms with Gasteiger partial charge in [0.25, 0.3) is 0 Å². The summed E-state index contributed by atoms with van der Waals surface area (Å²) in [5.74, 6) is 0.710. The van der Waals surface area contributed by atoms with Crippen LogP contribution in [0.25, 0.3) is 0 Å². The number of rotatable bonds is 6. The molecule has 1 rings (SSSR count). The second kappa shape index (κ2) is 6.38. The number of hydrogen-bond acceptors (Lipinski definition) is 3. The molecule has 1 heterocycles. The first kappa shape index (κ1) is 13.7. The Morgan fingerprint density at radius 2 is 2.00 bits per heavy atom. The molecule has 1 atom stereocenters. The summed E-state index contributed by atoms with van der Waals surface area (Å²) < 4.78 is 0. The molecule has 0 saturated carbocycles. The van der Waals surface area contributed by atoms with E-state index in [-0.39, 0.29) is 6.61 Å². The fourth-order valence-corrected chi connectivity index (χ4v) is 3.32. The molecule has 0 fully saturated rings. The van der Waals surface area contributed by atoms with Gasteiger partial charge in [0.2, 0.25) is 0 Å². The minimum absolute atomic E-state index is 0.250. The van der Waals surface area contributed by atoms with Gasteiger partial charge in [-0.25, -0.2) is 0 Å². The van der Waals surface area contributed by atoms with Gasteiger partial charge in [-0.1, -0.05) is 13.8 Å². The van der Waals surface area contributed by atoms with Gasteiger partial charge < -0.3 is 10.0 Å². The Morgan fingerprint density at radius 1 is 1.31 bits per heavy atom. The topological polar surface area (TPSA) is 23.5 Å².